The van der Waals surface area contributed by atoms with Gasteiger partial charge in [-0.05, 0) is 26.3 Å². The molecule has 0 heterocycles. The molecule has 0 aliphatic rings. The van der Waals surface area contributed by atoms with E-state index in [1.54, 1.807) is 7.05 Å². The molecule has 0 bridgehead atoms. The number of primary amides is 1. The third-order valence-electron chi connectivity index (χ3n) is 2.86. The Balaban J connectivity index is 2.64. The summed E-state index contributed by atoms with van der Waals surface area (Å²) >= 11 is 0. The quantitative estimate of drug-likeness (QED) is 0.906. The number of amides is 2. The fourth-order valence-electron chi connectivity index (χ4n) is 1.84. The third-order valence-corrected chi connectivity index (χ3v) is 2.86. The largest absolute Gasteiger partial charge is 0.444 e. The Morgan fingerprint density at radius 2 is 1.82 bits per heavy atom. The molecule has 0 fully saturated rings. The van der Waals surface area contributed by atoms with Crippen LogP contribution >= 0.6 is 0 Å². The Morgan fingerprint density at radius 1 is 1.23 bits per heavy atom. The summed E-state index contributed by atoms with van der Waals surface area (Å²) in [6, 6.07) is 9.27. The number of ether oxygens (including phenoxy) is 2. The Hall–Kier alpha value is -2.24. The van der Waals surface area contributed by atoms with E-state index < -0.39 is 23.9 Å². The fourth-order valence-corrected chi connectivity index (χ4v) is 1.84. The van der Waals surface area contributed by atoms with Crippen molar-refractivity contribution in [3.63, 3.8) is 0 Å². The van der Waals surface area contributed by atoms with Gasteiger partial charge in [0.1, 0.15) is 11.7 Å². The summed E-state index contributed by atoms with van der Waals surface area (Å²) in [5, 5.41) is 0. The van der Waals surface area contributed by atoms with Crippen LogP contribution < -0.4 is 5.73 Å². The van der Waals surface area contributed by atoms with Crippen molar-refractivity contribution in [2.24, 2.45) is 5.73 Å². The van der Waals surface area contributed by atoms with Gasteiger partial charge in [-0.15, -0.1) is 0 Å². The van der Waals surface area contributed by atoms with E-state index in [-0.39, 0.29) is 0 Å². The van der Waals surface area contributed by atoms with Gasteiger partial charge in [-0.25, -0.2) is 9.59 Å². The number of rotatable bonds is 5. The molecular weight excluding hydrogens is 284 g/mol. The molecule has 0 aromatic heterocycles. The number of hydrogen-bond donors (Lipinski definition) is 1. The van der Waals surface area contributed by atoms with E-state index in [0.29, 0.717) is 13.0 Å². The van der Waals surface area contributed by atoms with Crippen LogP contribution in [0.3, 0.4) is 0 Å². The molecule has 122 valence electrons. The Morgan fingerprint density at radius 3 is 2.32 bits per heavy atom. The van der Waals surface area contributed by atoms with Gasteiger partial charge >= 0.3 is 12.2 Å². The Bertz CT molecular complexity index is 497. The predicted molar refractivity (Wildman–Crippen MR) is 83.3 cm³/mol. The number of benzene rings is 1. The van der Waals surface area contributed by atoms with E-state index in [1.165, 1.54) is 4.90 Å². The first kappa shape index (κ1) is 17.8. The lowest BCUT2D eigenvalue weighted by Gasteiger charge is -2.26. The zero-order valence-electron chi connectivity index (χ0n) is 13.5. The van der Waals surface area contributed by atoms with Crippen LogP contribution in [0.1, 0.15) is 38.9 Å². The molecule has 2 amide bonds. The summed E-state index contributed by atoms with van der Waals surface area (Å²) in [5.74, 6) is 0. The van der Waals surface area contributed by atoms with Gasteiger partial charge in [0.05, 0.1) is 0 Å². The molecule has 1 aromatic carbocycles. The normalized spacial score (nSPS) is 12.4. The second kappa shape index (κ2) is 7.68. The van der Waals surface area contributed by atoms with Gasteiger partial charge in [-0.1, -0.05) is 30.3 Å². The molecule has 2 N–H and O–H groups in total. The molecule has 1 aromatic rings. The summed E-state index contributed by atoms with van der Waals surface area (Å²) in [5.41, 5.74) is 5.40. The first-order valence-corrected chi connectivity index (χ1v) is 7.14. The molecule has 0 aliphatic carbocycles. The van der Waals surface area contributed by atoms with E-state index in [9.17, 15) is 9.59 Å². The highest BCUT2D eigenvalue weighted by Crippen LogP contribution is 2.21. The van der Waals surface area contributed by atoms with E-state index in [1.807, 2.05) is 51.1 Å². The molecule has 6 heteroatoms. The minimum Gasteiger partial charge on any atom is -0.444 e. The summed E-state index contributed by atoms with van der Waals surface area (Å²) in [7, 11) is 1.64. The third kappa shape index (κ3) is 6.47. The summed E-state index contributed by atoms with van der Waals surface area (Å²) in [6.45, 7) is 5.80. The average molecular weight is 308 g/mol. The molecule has 0 aliphatic heterocycles. The molecule has 1 rings (SSSR count). The number of nitrogens with zero attached hydrogens (tertiary/aromatic N) is 1. The standard InChI is InChI=1S/C16H24N2O4/c1-16(2,3)22-15(20)18(4)11-10-13(21-14(17)19)12-8-6-5-7-9-12/h5-9,13H,10-11H2,1-4H3,(H2,17,19). The van der Waals surface area contributed by atoms with Gasteiger partial charge in [0.15, 0.2) is 0 Å². The monoisotopic (exact) mass is 308 g/mol. The van der Waals surface area contributed by atoms with Crippen LogP contribution in [0.4, 0.5) is 9.59 Å². The molecule has 0 spiro atoms. The van der Waals surface area contributed by atoms with Crippen molar-refractivity contribution in [2.45, 2.75) is 38.9 Å². The van der Waals surface area contributed by atoms with Crippen LogP contribution in [0, 0.1) is 0 Å². The maximum absolute atomic E-state index is 11.9. The molecule has 22 heavy (non-hydrogen) atoms. The van der Waals surface area contributed by atoms with Gasteiger partial charge in [0.25, 0.3) is 0 Å². The van der Waals surface area contributed by atoms with E-state index >= 15 is 0 Å². The maximum Gasteiger partial charge on any atom is 0.410 e. The van der Waals surface area contributed by atoms with Crippen LogP contribution in [0.25, 0.3) is 0 Å². The van der Waals surface area contributed by atoms with Crippen LogP contribution in [-0.2, 0) is 9.47 Å². The number of carbonyl (C=O) groups is 2. The minimum atomic E-state index is -0.839. The van der Waals surface area contributed by atoms with Crippen molar-refractivity contribution < 1.29 is 19.1 Å². The van der Waals surface area contributed by atoms with E-state index in [2.05, 4.69) is 0 Å². The molecule has 0 radical (unpaired) electrons. The average Bonchev–Trinajstić information content (AvgIpc) is 2.41. The van der Waals surface area contributed by atoms with E-state index in [0.717, 1.165) is 5.56 Å². The highest BCUT2D eigenvalue weighted by atomic mass is 16.6. The van der Waals surface area contributed by atoms with Gasteiger partial charge in [-0.3, -0.25) is 0 Å². The highest BCUT2D eigenvalue weighted by Gasteiger charge is 2.21. The number of hydrogen-bond acceptors (Lipinski definition) is 4. The van der Waals surface area contributed by atoms with Crippen molar-refractivity contribution in [2.75, 3.05) is 13.6 Å². The lowest BCUT2D eigenvalue weighted by molar-refractivity contribution is 0.0266. The van der Waals surface area contributed by atoms with Crippen LogP contribution in [0.5, 0.6) is 0 Å². The predicted octanol–water partition coefficient (Wildman–Crippen LogP) is 3.08. The molecule has 6 nitrogen and oxygen atoms in total. The lowest BCUT2D eigenvalue weighted by Crippen LogP contribution is -2.35. The maximum atomic E-state index is 11.9. The topological polar surface area (TPSA) is 81.9 Å². The van der Waals surface area contributed by atoms with Crippen LogP contribution in [0.15, 0.2) is 30.3 Å². The van der Waals surface area contributed by atoms with Gasteiger partial charge < -0.3 is 20.1 Å². The minimum absolute atomic E-state index is 0.377. The molecular formula is C16H24N2O4. The fraction of sp³-hybridized carbons (Fsp3) is 0.500. The highest BCUT2D eigenvalue weighted by molar-refractivity contribution is 5.67. The number of nitrogens with two attached hydrogens (primary N) is 1. The van der Waals surface area contributed by atoms with Gasteiger partial charge in [0.2, 0.25) is 0 Å². The number of carbonyl (C=O) groups excluding carboxylic acids is 2. The second-order valence-electron chi connectivity index (χ2n) is 6.03. The zero-order chi connectivity index (χ0) is 16.8. The van der Waals surface area contributed by atoms with Crippen LogP contribution in [0.2, 0.25) is 0 Å². The first-order valence-electron chi connectivity index (χ1n) is 7.14. The summed E-state index contributed by atoms with van der Waals surface area (Å²) in [6.07, 6.45) is -1.32. The van der Waals surface area contributed by atoms with Crippen molar-refractivity contribution in [1.82, 2.24) is 4.90 Å². The summed E-state index contributed by atoms with van der Waals surface area (Å²) in [4.78, 5) is 24.4. The first-order chi connectivity index (χ1) is 10.2. The zero-order valence-corrected chi connectivity index (χ0v) is 13.5. The molecule has 1 unspecified atom stereocenters. The van der Waals surface area contributed by atoms with Crippen LogP contribution in [-0.4, -0.2) is 36.3 Å². The second-order valence-corrected chi connectivity index (χ2v) is 6.03. The van der Waals surface area contributed by atoms with Gasteiger partial charge in [0, 0.05) is 20.0 Å². The Kier molecular flexibility index (Phi) is 6.22. The van der Waals surface area contributed by atoms with Gasteiger partial charge in [-0.2, -0.15) is 0 Å². The molecule has 1 atom stereocenters. The summed E-state index contributed by atoms with van der Waals surface area (Å²) < 4.78 is 10.4. The van der Waals surface area contributed by atoms with Crippen molar-refractivity contribution in [3.8, 4) is 0 Å². The van der Waals surface area contributed by atoms with Crippen molar-refractivity contribution in [3.05, 3.63) is 35.9 Å². The SMILES string of the molecule is CN(CCC(OC(N)=O)c1ccccc1)C(=O)OC(C)(C)C. The van der Waals surface area contributed by atoms with E-state index in [4.69, 9.17) is 15.2 Å². The lowest BCUT2D eigenvalue weighted by atomic mass is 10.1. The van der Waals surface area contributed by atoms with Crippen molar-refractivity contribution >= 4 is 12.2 Å². The molecule has 0 saturated carbocycles. The molecule has 0 saturated heterocycles. The Labute approximate surface area is 131 Å². The van der Waals surface area contributed by atoms with Crippen molar-refractivity contribution in [1.29, 1.82) is 0 Å². The smallest absolute Gasteiger partial charge is 0.410 e.